The third-order valence-electron chi connectivity index (χ3n) is 3.41. The summed E-state index contributed by atoms with van der Waals surface area (Å²) in [4.78, 5) is 0. The second-order valence-electron chi connectivity index (χ2n) is 4.69. The number of rotatable bonds is 3. The van der Waals surface area contributed by atoms with Crippen LogP contribution in [0.3, 0.4) is 0 Å². The van der Waals surface area contributed by atoms with E-state index < -0.39 is 0 Å². The maximum atomic E-state index is 3.39. The lowest BCUT2D eigenvalue weighted by Gasteiger charge is -2.21. The fourth-order valence-electron chi connectivity index (χ4n) is 2.36. The van der Waals surface area contributed by atoms with Gasteiger partial charge in [-0.15, -0.1) is 0 Å². The molecule has 88 valence electrons. The van der Waals surface area contributed by atoms with Crippen molar-refractivity contribution in [2.45, 2.75) is 25.9 Å². The Morgan fingerprint density at radius 2 is 1.88 bits per heavy atom. The lowest BCUT2D eigenvalue weighted by atomic mass is 9.90. The zero-order valence-electron chi connectivity index (χ0n) is 10.2. The number of hydrogen-bond acceptors (Lipinski definition) is 3. The largest absolute Gasteiger partial charge is 0.319 e. The molecule has 1 aliphatic heterocycles. The van der Waals surface area contributed by atoms with Gasteiger partial charge in [-0.3, -0.25) is 5.43 Å². The van der Waals surface area contributed by atoms with Crippen LogP contribution in [0.4, 0.5) is 0 Å². The molecule has 16 heavy (non-hydrogen) atoms. The molecule has 0 radical (unpaired) electrons. The quantitative estimate of drug-likeness (QED) is 0.718. The topological polar surface area (TPSA) is 36.1 Å². The first-order valence-corrected chi connectivity index (χ1v) is 5.94. The summed E-state index contributed by atoms with van der Waals surface area (Å²) in [5.74, 6) is 0.590. The van der Waals surface area contributed by atoms with Crippen molar-refractivity contribution in [1.82, 2.24) is 16.2 Å². The zero-order valence-corrected chi connectivity index (χ0v) is 10.2. The summed E-state index contributed by atoms with van der Waals surface area (Å²) in [6, 6.07) is 9.69. The summed E-state index contributed by atoms with van der Waals surface area (Å²) >= 11 is 0. The van der Waals surface area contributed by atoms with E-state index in [1.807, 2.05) is 7.05 Å². The molecule has 0 spiro atoms. The minimum absolute atomic E-state index is 0.406. The van der Waals surface area contributed by atoms with Gasteiger partial charge in [0.25, 0.3) is 0 Å². The van der Waals surface area contributed by atoms with Gasteiger partial charge in [-0.25, -0.2) is 5.43 Å². The van der Waals surface area contributed by atoms with Crippen molar-refractivity contribution in [2.75, 3.05) is 13.6 Å². The fraction of sp³-hybridized carbons (Fsp3) is 0.538. The van der Waals surface area contributed by atoms with Crippen LogP contribution < -0.4 is 16.2 Å². The van der Waals surface area contributed by atoms with Crippen LogP contribution in [0.25, 0.3) is 0 Å². The van der Waals surface area contributed by atoms with Gasteiger partial charge in [-0.05, 0) is 26.5 Å². The maximum Gasteiger partial charge on any atom is 0.0518 e. The predicted octanol–water partition coefficient (Wildman–Crippen LogP) is 1.37. The Kier molecular flexibility index (Phi) is 3.59. The zero-order chi connectivity index (χ0) is 11.5. The van der Waals surface area contributed by atoms with Crippen molar-refractivity contribution >= 4 is 0 Å². The van der Waals surface area contributed by atoms with Gasteiger partial charge in [0.15, 0.2) is 0 Å². The molecule has 1 heterocycles. The van der Waals surface area contributed by atoms with E-state index in [4.69, 9.17) is 0 Å². The summed E-state index contributed by atoms with van der Waals surface area (Å²) in [5.41, 5.74) is 9.39. The maximum absolute atomic E-state index is 3.39. The Bertz CT molecular complexity index is 334. The standard InChI is InChI=1S/C13H21N3/c1-9-4-6-11(7-5-9)13-12(8-14-3)10(2)15-16-13/h4-7,10,12-16H,8H2,1-3H3. The minimum atomic E-state index is 0.406. The van der Waals surface area contributed by atoms with E-state index in [1.165, 1.54) is 11.1 Å². The predicted molar refractivity (Wildman–Crippen MR) is 67.1 cm³/mol. The molecule has 3 heteroatoms. The first kappa shape index (κ1) is 11.6. The molecular weight excluding hydrogens is 198 g/mol. The minimum Gasteiger partial charge on any atom is -0.319 e. The van der Waals surface area contributed by atoms with Gasteiger partial charge in [-0.2, -0.15) is 0 Å². The summed E-state index contributed by atoms with van der Waals surface area (Å²) in [6.45, 7) is 5.38. The number of benzene rings is 1. The monoisotopic (exact) mass is 219 g/mol. The van der Waals surface area contributed by atoms with Crippen molar-refractivity contribution in [2.24, 2.45) is 5.92 Å². The summed E-state index contributed by atoms with van der Waals surface area (Å²) in [6.07, 6.45) is 0. The van der Waals surface area contributed by atoms with E-state index in [9.17, 15) is 0 Å². The van der Waals surface area contributed by atoms with Crippen molar-refractivity contribution in [1.29, 1.82) is 0 Å². The number of aryl methyl sites for hydroxylation is 1. The Balaban J connectivity index is 2.16. The van der Waals surface area contributed by atoms with Gasteiger partial charge >= 0.3 is 0 Å². The van der Waals surface area contributed by atoms with Crippen LogP contribution in [0.2, 0.25) is 0 Å². The Morgan fingerprint density at radius 3 is 2.50 bits per heavy atom. The normalized spacial score (nSPS) is 29.6. The second-order valence-corrected chi connectivity index (χ2v) is 4.69. The summed E-state index contributed by atoms with van der Waals surface area (Å²) in [5, 5.41) is 3.27. The number of hydrogen-bond donors (Lipinski definition) is 3. The van der Waals surface area contributed by atoms with E-state index >= 15 is 0 Å². The van der Waals surface area contributed by atoms with E-state index in [-0.39, 0.29) is 0 Å². The van der Waals surface area contributed by atoms with Crippen LogP contribution >= 0.6 is 0 Å². The highest BCUT2D eigenvalue weighted by atomic mass is 15.4. The van der Waals surface area contributed by atoms with Crippen molar-refractivity contribution in [3.63, 3.8) is 0 Å². The molecule has 0 aromatic heterocycles. The third kappa shape index (κ3) is 2.26. The smallest absolute Gasteiger partial charge is 0.0518 e. The first-order chi connectivity index (χ1) is 7.72. The Morgan fingerprint density at radius 1 is 1.19 bits per heavy atom. The molecule has 3 unspecified atom stereocenters. The molecular formula is C13H21N3. The van der Waals surface area contributed by atoms with Crippen LogP contribution in [-0.2, 0) is 0 Å². The van der Waals surface area contributed by atoms with Crippen LogP contribution in [-0.4, -0.2) is 19.6 Å². The van der Waals surface area contributed by atoms with Gasteiger partial charge in [0.05, 0.1) is 6.04 Å². The highest BCUT2D eigenvalue weighted by molar-refractivity contribution is 5.25. The van der Waals surface area contributed by atoms with E-state index in [1.54, 1.807) is 0 Å². The van der Waals surface area contributed by atoms with Crippen LogP contribution in [0.15, 0.2) is 24.3 Å². The van der Waals surface area contributed by atoms with E-state index in [2.05, 4.69) is 54.3 Å². The van der Waals surface area contributed by atoms with Gasteiger partial charge < -0.3 is 5.32 Å². The average Bonchev–Trinajstić information content (AvgIpc) is 2.63. The van der Waals surface area contributed by atoms with Crippen LogP contribution in [0, 0.1) is 12.8 Å². The molecule has 3 atom stereocenters. The highest BCUT2D eigenvalue weighted by Gasteiger charge is 2.33. The Hall–Kier alpha value is -0.900. The molecule has 1 saturated heterocycles. The summed E-state index contributed by atoms with van der Waals surface area (Å²) in [7, 11) is 2.01. The van der Waals surface area contributed by atoms with Crippen LogP contribution in [0.1, 0.15) is 24.1 Å². The van der Waals surface area contributed by atoms with Gasteiger partial charge in [-0.1, -0.05) is 29.8 Å². The van der Waals surface area contributed by atoms with E-state index in [0.29, 0.717) is 18.0 Å². The average molecular weight is 219 g/mol. The molecule has 0 bridgehead atoms. The number of hydrazine groups is 1. The molecule has 3 nitrogen and oxygen atoms in total. The van der Waals surface area contributed by atoms with Crippen molar-refractivity contribution in [3.8, 4) is 0 Å². The van der Waals surface area contributed by atoms with Crippen LogP contribution in [0.5, 0.6) is 0 Å². The van der Waals surface area contributed by atoms with Gasteiger partial charge in [0.1, 0.15) is 0 Å². The Labute approximate surface area is 97.6 Å². The lowest BCUT2D eigenvalue weighted by Crippen LogP contribution is -2.31. The summed E-state index contributed by atoms with van der Waals surface area (Å²) < 4.78 is 0. The number of nitrogens with one attached hydrogen (secondary N) is 3. The van der Waals surface area contributed by atoms with Gasteiger partial charge in [0.2, 0.25) is 0 Å². The third-order valence-corrected chi connectivity index (χ3v) is 3.41. The lowest BCUT2D eigenvalue weighted by molar-refractivity contribution is 0.417. The van der Waals surface area contributed by atoms with E-state index in [0.717, 1.165) is 6.54 Å². The molecule has 0 saturated carbocycles. The molecule has 2 rings (SSSR count). The van der Waals surface area contributed by atoms with Crippen molar-refractivity contribution < 1.29 is 0 Å². The first-order valence-electron chi connectivity index (χ1n) is 5.94. The van der Waals surface area contributed by atoms with Crippen molar-refractivity contribution in [3.05, 3.63) is 35.4 Å². The SMILES string of the molecule is CNCC1C(C)NNC1c1ccc(C)cc1. The molecule has 1 aliphatic rings. The highest BCUT2D eigenvalue weighted by Crippen LogP contribution is 2.28. The molecule has 1 aromatic rings. The fourth-order valence-corrected chi connectivity index (χ4v) is 2.36. The second kappa shape index (κ2) is 4.95. The molecule has 0 amide bonds. The molecule has 3 N–H and O–H groups in total. The molecule has 1 aromatic carbocycles. The van der Waals surface area contributed by atoms with Gasteiger partial charge in [0, 0.05) is 18.5 Å². The molecule has 1 fully saturated rings. The molecule has 0 aliphatic carbocycles.